The van der Waals surface area contributed by atoms with E-state index in [1.165, 1.54) is 54.0 Å². The van der Waals surface area contributed by atoms with E-state index < -0.39 is 29.6 Å². The molecule has 12 heteroatoms. The van der Waals surface area contributed by atoms with E-state index in [9.17, 15) is 22.8 Å². The molecule has 1 aliphatic rings. The Labute approximate surface area is 243 Å². The van der Waals surface area contributed by atoms with Crippen LogP contribution in [0.25, 0.3) is 0 Å². The summed E-state index contributed by atoms with van der Waals surface area (Å²) in [6.07, 6.45) is 1.23. The third-order valence-corrected chi connectivity index (χ3v) is 7.61. The molecule has 1 fully saturated rings. The molecular weight excluding hydrogens is 601 g/mol. The predicted octanol–water partition coefficient (Wildman–Crippen LogP) is 8.24. The molecule has 4 N–H and O–H groups in total. The number of aliphatic imine (C=N–C) groups is 1. The van der Waals surface area contributed by atoms with Crippen LogP contribution in [0.5, 0.6) is 0 Å². The van der Waals surface area contributed by atoms with Crippen molar-refractivity contribution in [3.63, 3.8) is 0 Å². The zero-order chi connectivity index (χ0) is 29.6. The van der Waals surface area contributed by atoms with Crippen LogP contribution in [-0.2, 0) is 12.7 Å². The Balaban J connectivity index is 1.61. The predicted molar refractivity (Wildman–Crippen MR) is 154 cm³/mol. The molecule has 1 saturated carbocycles. The summed E-state index contributed by atoms with van der Waals surface area (Å²) in [6, 6.07) is 16.8. The van der Waals surface area contributed by atoms with Gasteiger partial charge in [0.2, 0.25) is 5.96 Å². The molecule has 0 aliphatic heterocycles. The summed E-state index contributed by atoms with van der Waals surface area (Å²) in [6.45, 7) is 0.0686. The van der Waals surface area contributed by atoms with Crippen molar-refractivity contribution in [3.05, 3.63) is 93.5 Å². The maximum atomic E-state index is 13.5. The molecule has 214 valence electrons. The van der Waals surface area contributed by atoms with Gasteiger partial charge in [0.1, 0.15) is 0 Å². The molecule has 0 radical (unpaired) electrons. The summed E-state index contributed by atoms with van der Waals surface area (Å²) in [5.74, 6) is -0.679. The second-order valence-electron chi connectivity index (χ2n) is 9.72. The third-order valence-electron chi connectivity index (χ3n) is 6.92. The van der Waals surface area contributed by atoms with Gasteiger partial charge in [-0.2, -0.15) is 18.2 Å². The van der Waals surface area contributed by atoms with Crippen molar-refractivity contribution >= 4 is 45.2 Å². The van der Waals surface area contributed by atoms with Crippen molar-refractivity contribution < 1.29 is 22.8 Å². The highest BCUT2D eigenvalue weighted by Gasteiger charge is 2.33. The monoisotopic (exact) mass is 628 g/mol. The zero-order valence-electron chi connectivity index (χ0n) is 21.9. The minimum Gasteiger partial charge on any atom is -0.366 e. The number of hydrogen-bond acceptors (Lipinski definition) is 3. The largest absolute Gasteiger partial charge is 0.417 e. The minimum atomic E-state index is -4.60. The SMILES string of the molecule is N=NC(N)=NC(=O)c1ccc(CN(C(=O)Nc2ccc(Br)c(C(F)(F)F)c2)c2ccc(C3CCCCC3)cc2)cc1. The summed E-state index contributed by atoms with van der Waals surface area (Å²) in [7, 11) is 0. The van der Waals surface area contributed by atoms with Gasteiger partial charge in [0.15, 0.2) is 0 Å². The van der Waals surface area contributed by atoms with Crippen LogP contribution in [0.3, 0.4) is 0 Å². The van der Waals surface area contributed by atoms with Crippen molar-refractivity contribution in [1.82, 2.24) is 0 Å². The van der Waals surface area contributed by atoms with Gasteiger partial charge in [-0.05, 0) is 72.4 Å². The van der Waals surface area contributed by atoms with E-state index in [-0.39, 0.29) is 22.3 Å². The molecule has 3 amide bonds. The van der Waals surface area contributed by atoms with Gasteiger partial charge in [0.05, 0.1) is 12.1 Å². The maximum absolute atomic E-state index is 13.5. The molecule has 0 bridgehead atoms. The highest BCUT2D eigenvalue weighted by atomic mass is 79.9. The summed E-state index contributed by atoms with van der Waals surface area (Å²) < 4.78 is 40.2. The molecule has 0 atom stereocenters. The Bertz CT molecular complexity index is 1440. The number of nitrogens with one attached hydrogen (secondary N) is 2. The van der Waals surface area contributed by atoms with E-state index in [0.29, 0.717) is 17.2 Å². The number of guanidine groups is 1. The van der Waals surface area contributed by atoms with Crippen molar-refractivity contribution in [2.75, 3.05) is 10.2 Å². The van der Waals surface area contributed by atoms with Crippen molar-refractivity contribution in [3.8, 4) is 0 Å². The number of carbonyl (C=O) groups excluding carboxylic acids is 2. The molecule has 4 rings (SSSR count). The van der Waals surface area contributed by atoms with E-state index in [1.807, 2.05) is 24.3 Å². The van der Waals surface area contributed by atoms with Crippen LogP contribution < -0.4 is 16.0 Å². The van der Waals surface area contributed by atoms with Crippen LogP contribution in [0.15, 0.2) is 81.3 Å². The van der Waals surface area contributed by atoms with Gasteiger partial charge >= 0.3 is 12.2 Å². The number of nitrogens with two attached hydrogens (primary N) is 1. The summed E-state index contributed by atoms with van der Waals surface area (Å²) in [5, 5.41) is 5.49. The lowest BCUT2D eigenvalue weighted by atomic mass is 9.84. The van der Waals surface area contributed by atoms with E-state index in [0.717, 1.165) is 18.9 Å². The Hall–Kier alpha value is -4.06. The molecule has 0 aromatic heterocycles. The van der Waals surface area contributed by atoms with Crippen LogP contribution in [-0.4, -0.2) is 17.9 Å². The first-order chi connectivity index (χ1) is 19.5. The number of rotatable bonds is 6. The summed E-state index contributed by atoms with van der Waals surface area (Å²) in [5.41, 5.74) is 13.9. The van der Waals surface area contributed by atoms with Crippen LogP contribution in [0.4, 0.5) is 29.3 Å². The van der Waals surface area contributed by atoms with Crippen LogP contribution in [0.2, 0.25) is 0 Å². The summed E-state index contributed by atoms with van der Waals surface area (Å²) in [4.78, 5) is 30.6. The average Bonchev–Trinajstić information content (AvgIpc) is 2.97. The van der Waals surface area contributed by atoms with Crippen LogP contribution >= 0.6 is 15.9 Å². The summed E-state index contributed by atoms with van der Waals surface area (Å²) >= 11 is 2.92. The number of benzene rings is 3. The van der Waals surface area contributed by atoms with E-state index >= 15 is 0 Å². The quantitative estimate of drug-likeness (QED) is 0.145. The molecule has 0 unspecified atom stereocenters. The normalized spacial score (nSPS) is 14.4. The second kappa shape index (κ2) is 13.1. The third kappa shape index (κ3) is 7.78. The molecule has 3 aromatic carbocycles. The molecular formula is C29H28BrF3N6O2. The highest BCUT2D eigenvalue weighted by Crippen LogP contribution is 2.37. The fourth-order valence-electron chi connectivity index (χ4n) is 4.78. The number of anilines is 2. The first-order valence-corrected chi connectivity index (χ1v) is 13.7. The highest BCUT2D eigenvalue weighted by molar-refractivity contribution is 9.10. The van der Waals surface area contributed by atoms with Crippen LogP contribution in [0.1, 0.15) is 65.1 Å². The lowest BCUT2D eigenvalue weighted by molar-refractivity contribution is -0.138. The first-order valence-electron chi connectivity index (χ1n) is 13.0. The fourth-order valence-corrected chi connectivity index (χ4v) is 5.25. The Morgan fingerprint density at radius 1 is 1.00 bits per heavy atom. The number of halogens is 4. The smallest absolute Gasteiger partial charge is 0.366 e. The number of amides is 3. The standard InChI is InChI=1S/C29H28BrF3N6O2/c30-25-15-12-22(16-24(25)29(31,32)33)36-28(41)39(23-13-10-20(11-14-23)19-4-2-1-3-5-19)17-18-6-8-21(9-7-18)26(40)37-27(34)38-35/h6-16,19,35H,1-5,17H2,(H,36,41)(H2,34,37,40). The molecule has 41 heavy (non-hydrogen) atoms. The van der Waals surface area contributed by atoms with E-state index in [4.69, 9.17) is 11.3 Å². The molecule has 0 saturated heterocycles. The second-order valence-corrected chi connectivity index (χ2v) is 10.6. The number of alkyl halides is 3. The maximum Gasteiger partial charge on any atom is 0.417 e. The number of hydrogen-bond donors (Lipinski definition) is 3. The fraction of sp³-hybridized carbons (Fsp3) is 0.276. The van der Waals surface area contributed by atoms with Gasteiger partial charge in [-0.15, -0.1) is 5.11 Å². The van der Waals surface area contributed by atoms with E-state index in [1.54, 1.807) is 12.1 Å². The molecule has 0 heterocycles. The Morgan fingerprint density at radius 3 is 2.27 bits per heavy atom. The first kappa shape index (κ1) is 29.9. The molecule has 0 spiro atoms. The number of urea groups is 1. The average molecular weight is 629 g/mol. The molecule has 3 aromatic rings. The van der Waals surface area contributed by atoms with Crippen molar-refractivity contribution in [2.24, 2.45) is 15.8 Å². The topological polar surface area (TPSA) is 124 Å². The Kier molecular flexibility index (Phi) is 9.53. The van der Waals surface area contributed by atoms with Gasteiger partial charge in [-0.3, -0.25) is 9.69 Å². The van der Waals surface area contributed by atoms with Crippen LogP contribution in [0, 0.1) is 5.53 Å². The van der Waals surface area contributed by atoms with Gasteiger partial charge in [-0.25, -0.2) is 10.3 Å². The molecule has 8 nitrogen and oxygen atoms in total. The van der Waals surface area contributed by atoms with Gasteiger partial charge in [-0.1, -0.05) is 59.5 Å². The minimum absolute atomic E-state index is 0.00875. The van der Waals surface area contributed by atoms with E-state index in [2.05, 4.69) is 31.4 Å². The van der Waals surface area contributed by atoms with Gasteiger partial charge in [0.25, 0.3) is 5.91 Å². The molecule has 1 aliphatic carbocycles. The number of carbonyl (C=O) groups is 2. The number of nitrogens with zero attached hydrogens (tertiary/aromatic N) is 3. The zero-order valence-corrected chi connectivity index (χ0v) is 23.5. The van der Waals surface area contributed by atoms with Gasteiger partial charge < -0.3 is 11.1 Å². The van der Waals surface area contributed by atoms with Crippen molar-refractivity contribution in [1.29, 1.82) is 5.53 Å². The van der Waals surface area contributed by atoms with Crippen molar-refractivity contribution in [2.45, 2.75) is 50.7 Å². The lowest BCUT2D eigenvalue weighted by Gasteiger charge is -2.26. The van der Waals surface area contributed by atoms with Gasteiger partial charge in [0, 0.05) is 21.4 Å². The Morgan fingerprint density at radius 2 is 1.66 bits per heavy atom. The lowest BCUT2D eigenvalue weighted by Crippen LogP contribution is -2.34.